The van der Waals surface area contributed by atoms with Crippen molar-refractivity contribution in [2.45, 2.75) is 94.9 Å². The van der Waals surface area contributed by atoms with Crippen molar-refractivity contribution in [3.63, 3.8) is 0 Å². The van der Waals surface area contributed by atoms with E-state index in [0.29, 0.717) is 12.5 Å². The molecule has 0 N–H and O–H groups in total. The predicted molar refractivity (Wildman–Crippen MR) is 244 cm³/mol. The second-order valence-electron chi connectivity index (χ2n) is 16.4. The topological polar surface area (TPSA) is 184 Å². The third-order valence-corrected chi connectivity index (χ3v) is 15.8. The fourth-order valence-electron chi connectivity index (χ4n) is 7.09. The summed E-state index contributed by atoms with van der Waals surface area (Å²) >= 11 is 0. The molecule has 1 heterocycles. The summed E-state index contributed by atoms with van der Waals surface area (Å²) in [5.74, 6) is -3.79. The molecule has 0 unspecified atom stereocenters. The Hall–Kier alpha value is -5.68. The van der Waals surface area contributed by atoms with Crippen molar-refractivity contribution >= 4 is 47.8 Å². The first-order chi connectivity index (χ1) is 31.2. The first-order valence-corrected chi connectivity index (χ1v) is 27.1. The van der Waals surface area contributed by atoms with Crippen LogP contribution in [-0.2, 0) is 47.8 Å². The zero-order chi connectivity index (χ0) is 46.7. The van der Waals surface area contributed by atoms with Crippen LogP contribution in [0.1, 0.15) is 80.5 Å². The molecule has 14 nitrogen and oxygen atoms in total. The molecule has 0 radical (unpaired) electrons. The Morgan fingerprint density at radius 2 is 1.02 bits per heavy atom. The van der Waals surface area contributed by atoms with Crippen LogP contribution in [0.2, 0.25) is 25.2 Å². The molecule has 4 aromatic rings. The molecule has 5 atom stereocenters. The highest BCUT2D eigenvalue weighted by Crippen LogP contribution is 2.32. The SMILES string of the molecule is CCOC(=O)CCS(=O)(=O)CCCCCC[Si](C)(C)CCO[C@@H]1O[C@H](COC(=O)c2ccccc2)[C@H](OC(=O)c2ccccc2)[C@H](OC(=O)c2ccccc2)[C@H]1OC(=O)c1ccccc1. The number of sulfone groups is 1. The Bertz CT molecular complexity index is 2240. The van der Waals surface area contributed by atoms with Crippen LogP contribution in [0.3, 0.4) is 0 Å². The van der Waals surface area contributed by atoms with Crippen molar-refractivity contribution in [1.29, 1.82) is 0 Å². The highest BCUT2D eigenvalue weighted by molar-refractivity contribution is 7.91. The van der Waals surface area contributed by atoms with E-state index in [4.69, 9.17) is 33.2 Å². The quantitative estimate of drug-likeness (QED) is 0.0286. The number of benzene rings is 4. The molecule has 1 fully saturated rings. The number of hydrogen-bond acceptors (Lipinski definition) is 14. The maximum absolute atomic E-state index is 13.9. The Balaban J connectivity index is 1.36. The molecule has 1 saturated heterocycles. The second kappa shape index (κ2) is 25.1. The van der Waals surface area contributed by atoms with Gasteiger partial charge in [0.1, 0.15) is 12.7 Å². The van der Waals surface area contributed by atoms with Gasteiger partial charge in [-0.15, -0.1) is 0 Å². The summed E-state index contributed by atoms with van der Waals surface area (Å²) in [6.07, 6.45) is -4.38. The van der Waals surface area contributed by atoms with E-state index in [9.17, 15) is 32.4 Å². The Kier molecular flexibility index (Phi) is 19.5. The first kappa shape index (κ1) is 50.3. The van der Waals surface area contributed by atoms with Gasteiger partial charge in [-0.25, -0.2) is 27.6 Å². The number of ether oxygens (including phenoxy) is 7. The highest BCUT2D eigenvalue weighted by Gasteiger charge is 2.54. The van der Waals surface area contributed by atoms with E-state index in [1.54, 1.807) is 128 Å². The molecule has 0 spiro atoms. The van der Waals surface area contributed by atoms with Gasteiger partial charge in [0.2, 0.25) is 0 Å². The average molecular weight is 931 g/mol. The van der Waals surface area contributed by atoms with Gasteiger partial charge in [-0.2, -0.15) is 0 Å². The van der Waals surface area contributed by atoms with Gasteiger partial charge < -0.3 is 33.2 Å². The summed E-state index contributed by atoms with van der Waals surface area (Å²) in [7, 11) is -5.31. The van der Waals surface area contributed by atoms with Crippen LogP contribution in [0.4, 0.5) is 0 Å². The van der Waals surface area contributed by atoms with Gasteiger partial charge >= 0.3 is 29.8 Å². The van der Waals surface area contributed by atoms with Crippen molar-refractivity contribution < 1.29 is 65.5 Å². The molecule has 0 saturated carbocycles. The maximum atomic E-state index is 13.9. The minimum absolute atomic E-state index is 0.0128. The Morgan fingerprint density at radius 1 is 0.554 bits per heavy atom. The third-order valence-electron chi connectivity index (χ3n) is 10.8. The second-order valence-corrected chi connectivity index (χ2v) is 24.0. The minimum atomic E-state index is -3.36. The number of carbonyl (C=O) groups is 5. The molecule has 0 amide bonds. The molecule has 1 aliphatic rings. The normalized spacial score (nSPS) is 18.5. The number of esters is 5. The first-order valence-electron chi connectivity index (χ1n) is 21.9. The maximum Gasteiger partial charge on any atom is 0.338 e. The molecule has 16 heteroatoms. The van der Waals surface area contributed by atoms with E-state index in [0.717, 1.165) is 25.3 Å². The van der Waals surface area contributed by atoms with Crippen molar-refractivity contribution in [2.24, 2.45) is 0 Å². The van der Waals surface area contributed by atoms with Crippen LogP contribution >= 0.6 is 0 Å². The van der Waals surface area contributed by atoms with Crippen LogP contribution in [-0.4, -0.2) is 108 Å². The van der Waals surface area contributed by atoms with Crippen molar-refractivity contribution in [1.82, 2.24) is 0 Å². The van der Waals surface area contributed by atoms with Gasteiger partial charge in [0, 0.05) is 14.7 Å². The molecule has 4 aromatic carbocycles. The Labute approximate surface area is 381 Å². The zero-order valence-corrected chi connectivity index (χ0v) is 38.9. The minimum Gasteiger partial charge on any atom is -0.466 e. The number of unbranched alkanes of at least 4 members (excludes halogenated alkanes) is 3. The van der Waals surface area contributed by atoms with Gasteiger partial charge in [-0.05, 0) is 67.9 Å². The highest BCUT2D eigenvalue weighted by atomic mass is 32.2. The number of rotatable bonds is 24. The van der Waals surface area contributed by atoms with Crippen LogP contribution in [0.25, 0.3) is 0 Å². The monoisotopic (exact) mass is 930 g/mol. The lowest BCUT2D eigenvalue weighted by Crippen LogP contribution is -2.63. The molecule has 0 aromatic heterocycles. The van der Waals surface area contributed by atoms with Crippen LogP contribution in [0, 0.1) is 0 Å². The van der Waals surface area contributed by atoms with Crippen LogP contribution < -0.4 is 0 Å². The summed E-state index contributed by atoms with van der Waals surface area (Å²) < 4.78 is 66.8. The van der Waals surface area contributed by atoms with Crippen molar-refractivity contribution in [3.05, 3.63) is 144 Å². The lowest BCUT2D eigenvalue weighted by atomic mass is 9.97. The molecule has 0 aliphatic carbocycles. The largest absolute Gasteiger partial charge is 0.466 e. The summed E-state index contributed by atoms with van der Waals surface area (Å²) in [6.45, 7) is 5.98. The fraction of sp³-hybridized carbons (Fsp3) is 0.408. The molecule has 0 bridgehead atoms. The van der Waals surface area contributed by atoms with Crippen molar-refractivity contribution in [3.8, 4) is 0 Å². The molecule has 5 rings (SSSR count). The predicted octanol–water partition coefficient (Wildman–Crippen LogP) is 7.90. The summed E-state index contributed by atoms with van der Waals surface area (Å²) in [6, 6.07) is 34.3. The molecular weight excluding hydrogens is 873 g/mol. The van der Waals surface area contributed by atoms with E-state index < -0.39 is 85.1 Å². The molecule has 348 valence electrons. The summed E-state index contributed by atoms with van der Waals surface area (Å²) in [5, 5.41) is 0. The van der Waals surface area contributed by atoms with E-state index in [1.807, 2.05) is 0 Å². The zero-order valence-electron chi connectivity index (χ0n) is 37.0. The average Bonchev–Trinajstić information content (AvgIpc) is 3.31. The number of carbonyl (C=O) groups excluding carboxylic acids is 5. The summed E-state index contributed by atoms with van der Waals surface area (Å²) in [5.41, 5.74) is 0.811. The Morgan fingerprint density at radius 3 is 1.52 bits per heavy atom. The van der Waals surface area contributed by atoms with E-state index >= 15 is 0 Å². The molecule has 1 aliphatic heterocycles. The smallest absolute Gasteiger partial charge is 0.338 e. The van der Waals surface area contributed by atoms with Gasteiger partial charge in [0.25, 0.3) is 0 Å². The fourth-order valence-corrected chi connectivity index (χ4v) is 10.5. The van der Waals surface area contributed by atoms with E-state index in [-0.39, 0.29) is 53.4 Å². The van der Waals surface area contributed by atoms with Gasteiger partial charge in [0.05, 0.1) is 46.8 Å². The van der Waals surface area contributed by atoms with Gasteiger partial charge in [-0.3, -0.25) is 4.79 Å². The van der Waals surface area contributed by atoms with Crippen LogP contribution in [0.15, 0.2) is 121 Å². The lowest BCUT2D eigenvalue weighted by molar-refractivity contribution is -0.297. The number of hydrogen-bond donors (Lipinski definition) is 0. The summed E-state index contributed by atoms with van der Waals surface area (Å²) in [4.78, 5) is 66.4. The third kappa shape index (κ3) is 16.4. The molecular formula is C49H58O14SSi. The van der Waals surface area contributed by atoms with E-state index in [1.165, 1.54) is 0 Å². The standard InChI is InChI=1S/C49H58O14SSi/c1-4-57-41(50)29-32-64(55,56)31-19-5-6-20-33-65(2,3)34-30-58-49-44(63-48(54)39-27-17-10-18-28-39)43(62-47(53)38-25-15-9-16-26-38)42(61-46(52)37-23-13-8-14-24-37)40(60-49)35-59-45(51)36-21-11-7-12-22-36/h7-18,21-28,40,42-44,49H,4-6,19-20,29-35H2,1-3H3/t40-,42+,43+,44-,49-/m1/s1. The van der Waals surface area contributed by atoms with Gasteiger partial charge in [-0.1, -0.05) is 111 Å². The molecule has 65 heavy (non-hydrogen) atoms. The van der Waals surface area contributed by atoms with Crippen LogP contribution in [0.5, 0.6) is 0 Å². The lowest BCUT2D eigenvalue weighted by Gasteiger charge is -2.44. The van der Waals surface area contributed by atoms with Crippen molar-refractivity contribution in [2.75, 3.05) is 31.3 Å². The van der Waals surface area contributed by atoms with E-state index in [2.05, 4.69) is 13.1 Å². The van der Waals surface area contributed by atoms with Gasteiger partial charge in [0.15, 0.2) is 34.4 Å².